The van der Waals surface area contributed by atoms with Gasteiger partial charge in [0.25, 0.3) is 6.47 Å². The number of carbonyl (C=O) groups excluding carboxylic acids is 1. The van der Waals surface area contributed by atoms with Crippen molar-refractivity contribution in [2.24, 2.45) is 5.41 Å². The number of hydrogen-bond donors (Lipinski definition) is 0. The second kappa shape index (κ2) is 9.58. The van der Waals surface area contributed by atoms with Crippen LogP contribution in [-0.4, -0.2) is 12.1 Å². The molecule has 2 nitrogen and oxygen atoms in total. The molecule has 1 aliphatic rings. The molecule has 1 aromatic rings. The molecular formula is C24H38O2. The van der Waals surface area contributed by atoms with Crippen LogP contribution in [0.4, 0.5) is 0 Å². The lowest BCUT2D eigenvalue weighted by molar-refractivity contribution is -0.135. The molecular weight excluding hydrogens is 320 g/mol. The summed E-state index contributed by atoms with van der Waals surface area (Å²) in [7, 11) is 0. The molecule has 0 spiro atoms. The maximum atomic E-state index is 10.6. The van der Waals surface area contributed by atoms with Crippen molar-refractivity contribution >= 4 is 6.47 Å². The number of carbonyl (C=O) groups is 1. The molecule has 0 radical (unpaired) electrons. The highest BCUT2D eigenvalue weighted by molar-refractivity contribution is 5.39. The van der Waals surface area contributed by atoms with E-state index in [1.54, 1.807) is 0 Å². The monoisotopic (exact) mass is 358 g/mol. The van der Waals surface area contributed by atoms with Crippen molar-refractivity contribution in [2.75, 3.05) is 0 Å². The first-order valence-electron chi connectivity index (χ1n) is 10.5. The maximum absolute atomic E-state index is 10.6. The molecule has 0 saturated heterocycles. The molecule has 0 bridgehead atoms. The van der Waals surface area contributed by atoms with Crippen LogP contribution in [-0.2, 0) is 22.4 Å². The van der Waals surface area contributed by atoms with E-state index in [0.717, 1.165) is 32.1 Å². The largest absolute Gasteiger partial charge is 0.461 e. The van der Waals surface area contributed by atoms with Gasteiger partial charge in [0.15, 0.2) is 0 Å². The first-order valence-corrected chi connectivity index (χ1v) is 10.5. The summed E-state index contributed by atoms with van der Waals surface area (Å²) in [6.45, 7) is 9.84. The van der Waals surface area contributed by atoms with Gasteiger partial charge in [-0.3, -0.25) is 4.79 Å². The number of unbranched alkanes of at least 4 members (excludes halogenated alkanes) is 3. The first-order chi connectivity index (χ1) is 12.3. The van der Waals surface area contributed by atoms with E-state index < -0.39 is 0 Å². The number of hydrogen-bond acceptors (Lipinski definition) is 2. The zero-order valence-corrected chi connectivity index (χ0v) is 17.4. The summed E-state index contributed by atoms with van der Waals surface area (Å²) in [6.07, 6.45) is 13.1. The molecule has 0 heterocycles. The maximum Gasteiger partial charge on any atom is 0.293 e. The Balaban J connectivity index is 1.70. The van der Waals surface area contributed by atoms with Crippen molar-refractivity contribution in [3.63, 3.8) is 0 Å². The Labute approximate surface area is 160 Å². The Kier molecular flexibility index (Phi) is 7.73. The van der Waals surface area contributed by atoms with E-state index in [2.05, 4.69) is 45.9 Å². The van der Waals surface area contributed by atoms with Crippen molar-refractivity contribution in [3.05, 3.63) is 34.9 Å². The van der Waals surface area contributed by atoms with E-state index in [0.29, 0.717) is 11.9 Å². The zero-order valence-electron chi connectivity index (χ0n) is 17.4. The van der Waals surface area contributed by atoms with E-state index in [-0.39, 0.29) is 5.60 Å². The van der Waals surface area contributed by atoms with Gasteiger partial charge in [0, 0.05) is 0 Å². The Morgan fingerprint density at radius 3 is 2.42 bits per heavy atom. The van der Waals surface area contributed by atoms with Crippen LogP contribution in [0.5, 0.6) is 0 Å². The van der Waals surface area contributed by atoms with Gasteiger partial charge in [-0.15, -0.1) is 0 Å². The van der Waals surface area contributed by atoms with Crippen LogP contribution in [0, 0.1) is 12.3 Å². The Morgan fingerprint density at radius 1 is 1.04 bits per heavy atom. The third-order valence-electron chi connectivity index (χ3n) is 5.74. The third-order valence-corrected chi connectivity index (χ3v) is 5.74. The number of benzene rings is 1. The van der Waals surface area contributed by atoms with E-state index in [9.17, 15) is 4.79 Å². The predicted molar refractivity (Wildman–Crippen MR) is 109 cm³/mol. The molecule has 1 fully saturated rings. The van der Waals surface area contributed by atoms with Gasteiger partial charge in [0.05, 0.1) is 0 Å². The van der Waals surface area contributed by atoms with E-state index in [1.807, 2.05) is 0 Å². The lowest BCUT2D eigenvalue weighted by atomic mass is 9.89. The molecule has 1 saturated carbocycles. The fourth-order valence-electron chi connectivity index (χ4n) is 3.74. The molecule has 0 aromatic heterocycles. The summed E-state index contributed by atoms with van der Waals surface area (Å²) in [6, 6.07) is 7.02. The fraction of sp³-hybridized carbons (Fsp3) is 0.708. The lowest BCUT2D eigenvalue weighted by Crippen LogP contribution is -2.12. The predicted octanol–water partition coefficient (Wildman–Crippen LogP) is 6.56. The van der Waals surface area contributed by atoms with Crippen molar-refractivity contribution in [3.8, 4) is 0 Å². The standard InChI is InChI=1S/C24H38O2/c1-20-12-13-21(10-6-5-8-14-23(2,3)4)18-22(20)11-7-9-15-24(16-17-24)26-19-25/h12-13,18-19H,5-11,14-17H2,1-4H3. The number of rotatable bonds is 12. The van der Waals surface area contributed by atoms with Gasteiger partial charge in [-0.05, 0) is 86.8 Å². The van der Waals surface area contributed by atoms with Gasteiger partial charge in [0.2, 0.25) is 0 Å². The Bertz CT molecular complexity index is 564. The van der Waals surface area contributed by atoms with Gasteiger partial charge in [-0.1, -0.05) is 51.8 Å². The van der Waals surface area contributed by atoms with Crippen LogP contribution in [0.2, 0.25) is 0 Å². The minimum absolute atomic E-state index is 0.0916. The summed E-state index contributed by atoms with van der Waals surface area (Å²) < 4.78 is 5.24. The van der Waals surface area contributed by atoms with E-state index in [4.69, 9.17) is 4.74 Å². The van der Waals surface area contributed by atoms with Crippen LogP contribution in [0.25, 0.3) is 0 Å². The minimum Gasteiger partial charge on any atom is -0.461 e. The minimum atomic E-state index is -0.0916. The molecule has 0 aliphatic heterocycles. The molecule has 26 heavy (non-hydrogen) atoms. The van der Waals surface area contributed by atoms with Gasteiger partial charge in [-0.25, -0.2) is 0 Å². The molecule has 1 aliphatic carbocycles. The summed E-state index contributed by atoms with van der Waals surface area (Å²) in [5, 5.41) is 0. The van der Waals surface area contributed by atoms with Gasteiger partial charge in [0.1, 0.15) is 5.60 Å². The molecule has 1 aromatic carbocycles. The third kappa shape index (κ3) is 7.51. The summed E-state index contributed by atoms with van der Waals surface area (Å²) >= 11 is 0. The normalized spacial score (nSPS) is 15.7. The zero-order chi connectivity index (χ0) is 19.0. The molecule has 0 N–H and O–H groups in total. The van der Waals surface area contributed by atoms with Crippen LogP contribution >= 0.6 is 0 Å². The van der Waals surface area contributed by atoms with Crippen LogP contribution in [0.1, 0.15) is 95.2 Å². The number of aryl methyl sites for hydroxylation is 3. The molecule has 2 rings (SSSR count). The molecule has 0 amide bonds. The lowest BCUT2D eigenvalue weighted by Gasteiger charge is -2.17. The quantitative estimate of drug-likeness (QED) is 0.312. The molecule has 0 atom stereocenters. The van der Waals surface area contributed by atoms with Gasteiger partial charge < -0.3 is 4.74 Å². The number of ether oxygens (including phenoxy) is 1. The van der Waals surface area contributed by atoms with Gasteiger partial charge >= 0.3 is 0 Å². The second-order valence-electron chi connectivity index (χ2n) is 9.49. The Morgan fingerprint density at radius 2 is 1.77 bits per heavy atom. The second-order valence-corrected chi connectivity index (χ2v) is 9.49. The van der Waals surface area contributed by atoms with Crippen LogP contribution in [0.15, 0.2) is 18.2 Å². The smallest absolute Gasteiger partial charge is 0.293 e. The average Bonchev–Trinajstić information content (AvgIpc) is 3.33. The average molecular weight is 359 g/mol. The van der Waals surface area contributed by atoms with E-state index >= 15 is 0 Å². The highest BCUT2D eigenvalue weighted by Crippen LogP contribution is 2.43. The first kappa shape index (κ1) is 21.0. The van der Waals surface area contributed by atoms with Gasteiger partial charge in [-0.2, -0.15) is 0 Å². The van der Waals surface area contributed by atoms with Crippen LogP contribution < -0.4 is 0 Å². The Hall–Kier alpha value is -1.31. The fourth-order valence-corrected chi connectivity index (χ4v) is 3.74. The molecule has 2 heteroatoms. The molecule has 0 unspecified atom stereocenters. The SMILES string of the molecule is Cc1ccc(CCCCCC(C)(C)C)cc1CCCCC1(OC=O)CC1. The summed E-state index contributed by atoms with van der Waals surface area (Å²) in [5.41, 5.74) is 4.77. The molecule has 146 valence electrons. The van der Waals surface area contributed by atoms with Crippen molar-refractivity contribution < 1.29 is 9.53 Å². The van der Waals surface area contributed by atoms with E-state index in [1.165, 1.54) is 55.2 Å². The van der Waals surface area contributed by atoms with Crippen molar-refractivity contribution in [1.29, 1.82) is 0 Å². The highest BCUT2D eigenvalue weighted by atomic mass is 16.5. The van der Waals surface area contributed by atoms with Crippen molar-refractivity contribution in [1.82, 2.24) is 0 Å². The van der Waals surface area contributed by atoms with Crippen LogP contribution in [0.3, 0.4) is 0 Å². The highest BCUT2D eigenvalue weighted by Gasteiger charge is 2.44. The summed E-state index contributed by atoms with van der Waals surface area (Å²) in [5.74, 6) is 0. The van der Waals surface area contributed by atoms with Crippen molar-refractivity contribution in [2.45, 2.75) is 104 Å². The topological polar surface area (TPSA) is 26.3 Å². The summed E-state index contributed by atoms with van der Waals surface area (Å²) in [4.78, 5) is 10.6.